The average Bonchev–Trinajstić information content (AvgIpc) is 2.65. The van der Waals surface area contributed by atoms with Gasteiger partial charge in [0.25, 0.3) is 0 Å². The van der Waals surface area contributed by atoms with Crippen molar-refractivity contribution < 1.29 is 18.9 Å². The zero-order chi connectivity index (χ0) is 18.8. The van der Waals surface area contributed by atoms with Crippen LogP contribution in [0.15, 0.2) is 12.1 Å². The van der Waals surface area contributed by atoms with E-state index in [9.17, 15) is 0 Å². The van der Waals surface area contributed by atoms with Gasteiger partial charge in [0.15, 0.2) is 5.11 Å². The van der Waals surface area contributed by atoms with Crippen LogP contribution in [0.4, 0.5) is 11.4 Å². The van der Waals surface area contributed by atoms with Crippen LogP contribution in [0.2, 0.25) is 0 Å². The molecule has 0 aromatic heterocycles. The summed E-state index contributed by atoms with van der Waals surface area (Å²) in [5, 5.41) is 6.82. The van der Waals surface area contributed by atoms with Gasteiger partial charge in [-0.05, 0) is 26.1 Å². The van der Waals surface area contributed by atoms with E-state index in [1.54, 1.807) is 7.11 Å². The third kappa shape index (κ3) is 5.89. The SMILES string of the molecule is CCOc1cc(N2CCOCC2)c(OCC)cc1NC(=S)NCCOC. The van der Waals surface area contributed by atoms with Gasteiger partial charge in [0.1, 0.15) is 11.5 Å². The van der Waals surface area contributed by atoms with Gasteiger partial charge in [-0.3, -0.25) is 0 Å². The molecule has 0 saturated carbocycles. The third-order valence-electron chi connectivity index (χ3n) is 3.85. The number of thiocarbonyl (C=S) groups is 1. The molecule has 1 aromatic rings. The fraction of sp³-hybridized carbons (Fsp3) is 0.611. The van der Waals surface area contributed by atoms with Crippen LogP contribution in [-0.2, 0) is 9.47 Å². The first-order valence-corrected chi connectivity index (χ1v) is 9.40. The topological polar surface area (TPSA) is 64.2 Å². The highest BCUT2D eigenvalue weighted by atomic mass is 32.1. The Bertz CT molecular complexity index is 580. The van der Waals surface area contributed by atoms with Gasteiger partial charge in [0.2, 0.25) is 0 Å². The van der Waals surface area contributed by atoms with Crippen LogP contribution in [0.1, 0.15) is 13.8 Å². The maximum absolute atomic E-state index is 5.88. The molecule has 0 radical (unpaired) electrons. The summed E-state index contributed by atoms with van der Waals surface area (Å²) in [6, 6.07) is 3.96. The number of methoxy groups -OCH3 is 1. The van der Waals surface area contributed by atoms with Crippen LogP contribution >= 0.6 is 12.2 Å². The van der Waals surface area contributed by atoms with Crippen molar-refractivity contribution in [2.24, 2.45) is 0 Å². The van der Waals surface area contributed by atoms with Gasteiger partial charge in [-0.2, -0.15) is 0 Å². The van der Waals surface area contributed by atoms with E-state index < -0.39 is 0 Å². The standard InChI is InChI=1S/C18H29N3O4S/c1-4-24-16-13-15(21-7-10-23-11-8-21)17(25-5-2)12-14(16)20-18(26)19-6-9-22-3/h12-13H,4-11H2,1-3H3,(H2,19,20,26). The molecule has 1 aliphatic rings. The van der Waals surface area contributed by atoms with E-state index in [0.29, 0.717) is 44.7 Å². The second kappa shape index (κ2) is 11.1. The molecule has 1 fully saturated rings. The van der Waals surface area contributed by atoms with Crippen molar-refractivity contribution in [2.75, 3.05) is 70.0 Å². The first-order valence-electron chi connectivity index (χ1n) is 8.99. The number of nitrogens with zero attached hydrogens (tertiary/aromatic N) is 1. The van der Waals surface area contributed by atoms with E-state index in [1.165, 1.54) is 0 Å². The molecule has 146 valence electrons. The summed E-state index contributed by atoms with van der Waals surface area (Å²) >= 11 is 5.36. The molecular formula is C18H29N3O4S. The fourth-order valence-corrected chi connectivity index (χ4v) is 2.89. The highest BCUT2D eigenvalue weighted by molar-refractivity contribution is 7.80. The van der Waals surface area contributed by atoms with Crippen molar-refractivity contribution in [3.63, 3.8) is 0 Å². The number of morpholine rings is 1. The molecule has 8 heteroatoms. The van der Waals surface area contributed by atoms with Crippen LogP contribution in [0.5, 0.6) is 11.5 Å². The molecule has 7 nitrogen and oxygen atoms in total. The molecule has 0 spiro atoms. The molecule has 0 atom stereocenters. The Balaban J connectivity index is 2.24. The quantitative estimate of drug-likeness (QED) is 0.497. The van der Waals surface area contributed by atoms with Crippen molar-refractivity contribution in [2.45, 2.75) is 13.8 Å². The first kappa shape index (κ1) is 20.5. The van der Waals surface area contributed by atoms with Gasteiger partial charge in [0, 0.05) is 38.9 Å². The van der Waals surface area contributed by atoms with E-state index in [2.05, 4.69) is 15.5 Å². The third-order valence-corrected chi connectivity index (χ3v) is 4.10. The van der Waals surface area contributed by atoms with Gasteiger partial charge in [-0.25, -0.2) is 0 Å². The number of benzene rings is 1. The van der Waals surface area contributed by atoms with E-state index >= 15 is 0 Å². The number of rotatable bonds is 9. The number of nitrogens with one attached hydrogen (secondary N) is 2. The second-order valence-corrected chi connectivity index (χ2v) is 6.06. The van der Waals surface area contributed by atoms with Crippen LogP contribution in [0, 0.1) is 0 Å². The number of ether oxygens (including phenoxy) is 4. The van der Waals surface area contributed by atoms with Gasteiger partial charge < -0.3 is 34.5 Å². The lowest BCUT2D eigenvalue weighted by Crippen LogP contribution is -2.36. The molecule has 1 saturated heterocycles. The van der Waals surface area contributed by atoms with Gasteiger partial charge >= 0.3 is 0 Å². The minimum Gasteiger partial charge on any atom is -0.492 e. The molecule has 2 N–H and O–H groups in total. The summed E-state index contributed by atoms with van der Waals surface area (Å²) in [7, 11) is 1.66. The largest absolute Gasteiger partial charge is 0.492 e. The van der Waals surface area contributed by atoms with E-state index in [0.717, 1.165) is 36.0 Å². The first-order chi connectivity index (χ1) is 12.7. The molecular weight excluding hydrogens is 354 g/mol. The van der Waals surface area contributed by atoms with E-state index in [4.69, 9.17) is 31.2 Å². The normalized spacial score (nSPS) is 14.0. The molecule has 0 bridgehead atoms. The predicted molar refractivity (Wildman–Crippen MR) is 108 cm³/mol. The highest BCUT2D eigenvalue weighted by Gasteiger charge is 2.20. The Labute approximate surface area is 160 Å². The lowest BCUT2D eigenvalue weighted by molar-refractivity contribution is 0.122. The van der Waals surface area contributed by atoms with Crippen molar-refractivity contribution in [1.29, 1.82) is 0 Å². The van der Waals surface area contributed by atoms with Gasteiger partial charge in [-0.15, -0.1) is 0 Å². The number of hydrogen-bond acceptors (Lipinski definition) is 6. The zero-order valence-electron chi connectivity index (χ0n) is 15.8. The predicted octanol–water partition coefficient (Wildman–Crippen LogP) is 2.25. The Kier molecular flexibility index (Phi) is 8.73. The minimum absolute atomic E-state index is 0.518. The summed E-state index contributed by atoms with van der Waals surface area (Å²) in [6.07, 6.45) is 0. The molecule has 1 aromatic carbocycles. The van der Waals surface area contributed by atoms with Crippen LogP contribution in [-0.4, -0.2) is 64.9 Å². The Morgan fingerprint density at radius 2 is 1.85 bits per heavy atom. The lowest BCUT2D eigenvalue weighted by atomic mass is 10.2. The Hall–Kier alpha value is -1.77. The monoisotopic (exact) mass is 383 g/mol. The van der Waals surface area contributed by atoms with Crippen LogP contribution in [0.3, 0.4) is 0 Å². The Morgan fingerprint density at radius 3 is 2.50 bits per heavy atom. The minimum atomic E-state index is 0.518. The number of hydrogen-bond donors (Lipinski definition) is 2. The van der Waals surface area contributed by atoms with Crippen molar-refractivity contribution in [1.82, 2.24) is 5.32 Å². The molecule has 0 aliphatic carbocycles. The molecule has 1 aliphatic heterocycles. The Morgan fingerprint density at radius 1 is 1.15 bits per heavy atom. The van der Waals surface area contributed by atoms with Crippen LogP contribution < -0.4 is 25.0 Å². The molecule has 2 rings (SSSR count). The molecule has 26 heavy (non-hydrogen) atoms. The molecule has 0 unspecified atom stereocenters. The number of anilines is 2. The maximum Gasteiger partial charge on any atom is 0.170 e. The van der Waals surface area contributed by atoms with E-state index in [-0.39, 0.29) is 0 Å². The van der Waals surface area contributed by atoms with Crippen molar-refractivity contribution in [3.8, 4) is 11.5 Å². The maximum atomic E-state index is 5.88. The second-order valence-electron chi connectivity index (χ2n) is 5.66. The zero-order valence-corrected chi connectivity index (χ0v) is 16.6. The smallest absolute Gasteiger partial charge is 0.170 e. The van der Waals surface area contributed by atoms with Crippen molar-refractivity contribution >= 4 is 28.7 Å². The molecule has 0 amide bonds. The summed E-state index contributed by atoms with van der Waals surface area (Å²) in [4.78, 5) is 2.26. The van der Waals surface area contributed by atoms with Gasteiger partial charge in [0.05, 0.1) is 44.4 Å². The average molecular weight is 384 g/mol. The fourth-order valence-electron chi connectivity index (χ4n) is 2.68. The van der Waals surface area contributed by atoms with Crippen LogP contribution in [0.25, 0.3) is 0 Å². The van der Waals surface area contributed by atoms with E-state index in [1.807, 2.05) is 26.0 Å². The van der Waals surface area contributed by atoms with Crippen molar-refractivity contribution in [3.05, 3.63) is 12.1 Å². The molecule has 1 heterocycles. The highest BCUT2D eigenvalue weighted by Crippen LogP contribution is 2.39. The summed E-state index contributed by atoms with van der Waals surface area (Å²) in [6.45, 7) is 9.39. The summed E-state index contributed by atoms with van der Waals surface area (Å²) in [5.41, 5.74) is 1.80. The summed E-state index contributed by atoms with van der Waals surface area (Å²) in [5.74, 6) is 1.55. The van der Waals surface area contributed by atoms with Gasteiger partial charge in [-0.1, -0.05) is 0 Å². The lowest BCUT2D eigenvalue weighted by Gasteiger charge is -2.31. The summed E-state index contributed by atoms with van der Waals surface area (Å²) < 4.78 is 22.2.